The summed E-state index contributed by atoms with van der Waals surface area (Å²) in [6.07, 6.45) is 0.0992. The van der Waals surface area contributed by atoms with Crippen molar-refractivity contribution in [2.45, 2.75) is 19.1 Å². The highest BCUT2D eigenvalue weighted by molar-refractivity contribution is 5.73. The van der Waals surface area contributed by atoms with Crippen molar-refractivity contribution in [2.75, 3.05) is 26.2 Å². The number of carboxylic acids is 1. The molecule has 0 saturated carbocycles. The minimum atomic E-state index is -0.850. The molecule has 5 heteroatoms. The van der Waals surface area contributed by atoms with E-state index in [1.807, 2.05) is 11.8 Å². The normalized spacial score (nSPS) is 27.1. The lowest BCUT2D eigenvalue weighted by molar-refractivity contribution is -0.145. The lowest BCUT2D eigenvalue weighted by Crippen LogP contribution is -2.52. The molecule has 1 heterocycles. The number of ether oxygens (including phenoxy) is 1. The topological polar surface area (TPSA) is 75.8 Å². The largest absolute Gasteiger partial charge is 0.480 e. The number of rotatable bonds is 3. The van der Waals surface area contributed by atoms with Gasteiger partial charge in [0.1, 0.15) is 6.04 Å². The molecule has 0 bridgehead atoms. The van der Waals surface area contributed by atoms with Gasteiger partial charge in [-0.25, -0.2) is 0 Å². The van der Waals surface area contributed by atoms with Crippen molar-refractivity contribution >= 4 is 5.97 Å². The number of aliphatic carboxylic acids is 1. The first-order valence-electron chi connectivity index (χ1n) is 4.43. The predicted molar refractivity (Wildman–Crippen MR) is 47.5 cm³/mol. The van der Waals surface area contributed by atoms with E-state index in [0.717, 1.165) is 0 Å². The lowest BCUT2D eigenvalue weighted by atomic mass is 10.2. The maximum absolute atomic E-state index is 10.8. The summed E-state index contributed by atoms with van der Waals surface area (Å²) in [4.78, 5) is 12.6. The van der Waals surface area contributed by atoms with Crippen LogP contribution in [0.15, 0.2) is 0 Å². The van der Waals surface area contributed by atoms with Gasteiger partial charge in [0.05, 0.1) is 12.7 Å². The Morgan fingerprint density at radius 3 is 3.00 bits per heavy atom. The third-order valence-corrected chi connectivity index (χ3v) is 2.22. The lowest BCUT2D eigenvalue weighted by Gasteiger charge is -2.34. The van der Waals surface area contributed by atoms with E-state index < -0.39 is 12.0 Å². The number of nitrogens with zero attached hydrogens (tertiary/aromatic N) is 1. The summed E-state index contributed by atoms with van der Waals surface area (Å²) >= 11 is 0. The number of carboxylic acid groups (broad SMARTS) is 1. The predicted octanol–water partition coefficient (Wildman–Crippen LogP) is -0.881. The van der Waals surface area contributed by atoms with Gasteiger partial charge in [0.2, 0.25) is 0 Å². The summed E-state index contributed by atoms with van der Waals surface area (Å²) in [5.74, 6) is -0.850. The molecule has 1 fully saturated rings. The number of carbonyl (C=O) groups is 1. The highest BCUT2D eigenvalue weighted by Crippen LogP contribution is 2.08. The second kappa shape index (κ2) is 4.55. The van der Waals surface area contributed by atoms with Gasteiger partial charge in [0.25, 0.3) is 0 Å². The number of morpholine rings is 1. The van der Waals surface area contributed by atoms with Crippen molar-refractivity contribution < 1.29 is 14.6 Å². The molecule has 0 spiro atoms. The first-order valence-corrected chi connectivity index (χ1v) is 4.43. The fraction of sp³-hybridized carbons (Fsp3) is 0.875. The van der Waals surface area contributed by atoms with E-state index in [2.05, 4.69) is 0 Å². The fourth-order valence-corrected chi connectivity index (χ4v) is 1.53. The van der Waals surface area contributed by atoms with Crippen molar-refractivity contribution in [1.82, 2.24) is 4.90 Å². The molecule has 1 aliphatic rings. The van der Waals surface area contributed by atoms with Crippen LogP contribution in [0.25, 0.3) is 0 Å². The van der Waals surface area contributed by atoms with Crippen LogP contribution >= 0.6 is 0 Å². The zero-order valence-corrected chi connectivity index (χ0v) is 7.77. The highest BCUT2D eigenvalue weighted by Gasteiger charge is 2.27. The van der Waals surface area contributed by atoms with Crippen LogP contribution in [0.5, 0.6) is 0 Å². The van der Waals surface area contributed by atoms with E-state index in [9.17, 15) is 4.79 Å². The van der Waals surface area contributed by atoms with Gasteiger partial charge < -0.3 is 15.6 Å². The molecule has 0 aromatic carbocycles. The summed E-state index contributed by atoms with van der Waals surface area (Å²) in [5, 5.41) is 8.85. The third-order valence-electron chi connectivity index (χ3n) is 2.22. The number of nitrogens with two attached hydrogens (primary N) is 1. The van der Waals surface area contributed by atoms with Crippen molar-refractivity contribution in [2.24, 2.45) is 5.73 Å². The first kappa shape index (κ1) is 10.4. The molecule has 0 aromatic heterocycles. The Labute approximate surface area is 77.5 Å². The van der Waals surface area contributed by atoms with E-state index in [1.165, 1.54) is 0 Å². The van der Waals surface area contributed by atoms with Crippen molar-refractivity contribution in [1.29, 1.82) is 0 Å². The van der Waals surface area contributed by atoms with Crippen LogP contribution in [-0.2, 0) is 9.53 Å². The smallest absolute Gasteiger partial charge is 0.322 e. The highest BCUT2D eigenvalue weighted by atomic mass is 16.5. The average molecular weight is 188 g/mol. The van der Waals surface area contributed by atoms with Crippen LogP contribution in [0.1, 0.15) is 6.92 Å². The molecule has 1 saturated heterocycles. The van der Waals surface area contributed by atoms with Crippen LogP contribution < -0.4 is 5.73 Å². The molecule has 76 valence electrons. The molecule has 1 aliphatic heterocycles. The monoisotopic (exact) mass is 188 g/mol. The van der Waals surface area contributed by atoms with E-state index >= 15 is 0 Å². The first-order chi connectivity index (χ1) is 6.15. The molecule has 0 aliphatic carbocycles. The van der Waals surface area contributed by atoms with E-state index in [1.54, 1.807) is 0 Å². The van der Waals surface area contributed by atoms with Crippen molar-refractivity contribution in [3.05, 3.63) is 0 Å². The average Bonchev–Trinajstić information content (AvgIpc) is 2.04. The van der Waals surface area contributed by atoms with E-state index in [4.69, 9.17) is 15.6 Å². The third kappa shape index (κ3) is 2.65. The van der Waals surface area contributed by atoms with Gasteiger partial charge in [0, 0.05) is 19.6 Å². The Kier molecular flexibility index (Phi) is 3.65. The maximum Gasteiger partial charge on any atom is 0.322 e. The Balaban J connectivity index is 2.52. The van der Waals surface area contributed by atoms with E-state index in [0.29, 0.717) is 19.7 Å². The molecule has 2 unspecified atom stereocenters. The Morgan fingerprint density at radius 2 is 2.54 bits per heavy atom. The van der Waals surface area contributed by atoms with Crippen LogP contribution in [0, 0.1) is 0 Å². The molecule has 3 N–H and O–H groups in total. The van der Waals surface area contributed by atoms with E-state index in [-0.39, 0.29) is 12.6 Å². The summed E-state index contributed by atoms with van der Waals surface area (Å²) in [7, 11) is 0. The summed E-state index contributed by atoms with van der Waals surface area (Å²) in [5.41, 5.74) is 5.39. The summed E-state index contributed by atoms with van der Waals surface area (Å²) in [6, 6.07) is -0.564. The molecule has 0 amide bonds. The van der Waals surface area contributed by atoms with Gasteiger partial charge in [-0.2, -0.15) is 0 Å². The second-order valence-electron chi connectivity index (χ2n) is 3.27. The molecule has 1 rings (SSSR count). The van der Waals surface area contributed by atoms with Crippen LogP contribution in [0.3, 0.4) is 0 Å². The van der Waals surface area contributed by atoms with Crippen molar-refractivity contribution in [3.8, 4) is 0 Å². The number of hydrogen-bond acceptors (Lipinski definition) is 4. The SMILES string of the molecule is CC1CN(C(CN)C(=O)O)CCO1. The number of hydrogen-bond donors (Lipinski definition) is 2. The summed E-state index contributed by atoms with van der Waals surface area (Å²) < 4.78 is 5.31. The van der Waals surface area contributed by atoms with Gasteiger partial charge in [-0.1, -0.05) is 0 Å². The molecule has 0 aromatic rings. The van der Waals surface area contributed by atoms with Gasteiger partial charge in [-0.05, 0) is 6.92 Å². The second-order valence-corrected chi connectivity index (χ2v) is 3.27. The van der Waals surface area contributed by atoms with Gasteiger partial charge in [-0.15, -0.1) is 0 Å². The molecular formula is C8H16N2O3. The van der Waals surface area contributed by atoms with Crippen molar-refractivity contribution in [3.63, 3.8) is 0 Å². The van der Waals surface area contributed by atoms with Gasteiger partial charge >= 0.3 is 5.97 Å². The van der Waals surface area contributed by atoms with Gasteiger partial charge in [0.15, 0.2) is 0 Å². The quantitative estimate of drug-likeness (QED) is 0.601. The standard InChI is InChI=1S/C8H16N2O3/c1-6-5-10(2-3-13-6)7(4-9)8(11)12/h6-7H,2-5,9H2,1H3,(H,11,12). The molecule has 13 heavy (non-hydrogen) atoms. The van der Waals surface area contributed by atoms with Crippen LogP contribution in [0.4, 0.5) is 0 Å². The zero-order valence-electron chi connectivity index (χ0n) is 7.77. The molecular weight excluding hydrogens is 172 g/mol. The maximum atomic E-state index is 10.8. The Hall–Kier alpha value is -0.650. The van der Waals surface area contributed by atoms with Crippen LogP contribution in [0.2, 0.25) is 0 Å². The zero-order chi connectivity index (χ0) is 9.84. The Morgan fingerprint density at radius 1 is 1.85 bits per heavy atom. The van der Waals surface area contributed by atoms with Gasteiger partial charge in [-0.3, -0.25) is 9.69 Å². The molecule has 5 nitrogen and oxygen atoms in total. The molecule has 0 radical (unpaired) electrons. The Bertz CT molecular complexity index is 186. The van der Waals surface area contributed by atoms with Crippen LogP contribution in [-0.4, -0.2) is 54.4 Å². The minimum Gasteiger partial charge on any atom is -0.480 e. The molecule has 2 atom stereocenters. The minimum absolute atomic E-state index is 0.0992. The fourth-order valence-electron chi connectivity index (χ4n) is 1.53. The summed E-state index contributed by atoms with van der Waals surface area (Å²) in [6.45, 7) is 3.97.